The highest BCUT2D eigenvalue weighted by molar-refractivity contribution is 8.14. The van der Waals surface area contributed by atoms with E-state index in [0.717, 1.165) is 12.8 Å². The van der Waals surface area contributed by atoms with Crippen molar-refractivity contribution in [1.82, 2.24) is 0 Å². The summed E-state index contributed by atoms with van der Waals surface area (Å²) in [7, 11) is 0. The SMILES string of the molecule is CCCCCCCCCCCCCCCC1(C(=O)SC(C)C)CO1. The Balaban J connectivity index is 1.85. The Hall–Kier alpha value is -0.0200. The van der Waals surface area contributed by atoms with Crippen molar-refractivity contribution in [3.8, 4) is 0 Å². The van der Waals surface area contributed by atoms with Crippen LogP contribution in [0, 0.1) is 0 Å². The molecule has 3 heteroatoms. The number of hydrogen-bond acceptors (Lipinski definition) is 3. The van der Waals surface area contributed by atoms with Gasteiger partial charge in [0.25, 0.3) is 0 Å². The number of thioether (sulfide) groups is 1. The lowest BCUT2D eigenvalue weighted by Crippen LogP contribution is -2.23. The molecular weight excluding hydrogens is 316 g/mol. The first-order valence-electron chi connectivity index (χ1n) is 10.5. The summed E-state index contributed by atoms with van der Waals surface area (Å²) >= 11 is 1.45. The molecule has 1 heterocycles. The molecule has 0 radical (unpaired) electrons. The molecule has 1 aliphatic rings. The minimum atomic E-state index is -0.396. The maximum Gasteiger partial charge on any atom is 0.223 e. The highest BCUT2D eigenvalue weighted by atomic mass is 32.2. The Bertz CT molecular complexity index is 324. The summed E-state index contributed by atoms with van der Waals surface area (Å²) in [6.45, 7) is 7.08. The van der Waals surface area contributed by atoms with Gasteiger partial charge in [0.05, 0.1) is 6.61 Å². The molecule has 1 atom stereocenters. The van der Waals surface area contributed by atoms with E-state index in [9.17, 15) is 4.79 Å². The van der Waals surface area contributed by atoms with Gasteiger partial charge < -0.3 is 4.74 Å². The van der Waals surface area contributed by atoms with Crippen LogP contribution in [0.2, 0.25) is 0 Å². The Kier molecular flexibility index (Phi) is 12.1. The molecule has 1 aliphatic heterocycles. The quantitative estimate of drug-likeness (QED) is 0.222. The van der Waals surface area contributed by atoms with Crippen LogP contribution in [0.25, 0.3) is 0 Å². The Morgan fingerprint density at radius 3 is 1.67 bits per heavy atom. The number of unbranched alkanes of at least 4 members (excludes halogenated alkanes) is 12. The first kappa shape index (κ1) is 22.0. The van der Waals surface area contributed by atoms with Crippen molar-refractivity contribution in [3.63, 3.8) is 0 Å². The second-order valence-corrected chi connectivity index (χ2v) is 9.28. The first-order chi connectivity index (χ1) is 11.6. The summed E-state index contributed by atoms with van der Waals surface area (Å²) in [5, 5.41) is 0.627. The van der Waals surface area contributed by atoms with Crippen LogP contribution in [0.3, 0.4) is 0 Å². The van der Waals surface area contributed by atoms with Crippen molar-refractivity contribution in [2.24, 2.45) is 0 Å². The number of hydrogen-bond donors (Lipinski definition) is 0. The van der Waals surface area contributed by atoms with Crippen molar-refractivity contribution >= 4 is 16.9 Å². The van der Waals surface area contributed by atoms with E-state index in [1.807, 2.05) is 0 Å². The zero-order valence-corrected chi connectivity index (χ0v) is 17.2. The topological polar surface area (TPSA) is 29.6 Å². The van der Waals surface area contributed by atoms with Crippen molar-refractivity contribution < 1.29 is 9.53 Å². The Labute approximate surface area is 154 Å². The van der Waals surface area contributed by atoms with E-state index >= 15 is 0 Å². The second kappa shape index (κ2) is 13.2. The van der Waals surface area contributed by atoms with Gasteiger partial charge in [0.2, 0.25) is 5.12 Å². The molecule has 2 nitrogen and oxygen atoms in total. The highest BCUT2D eigenvalue weighted by Crippen LogP contribution is 2.38. The fourth-order valence-corrected chi connectivity index (χ4v) is 4.06. The first-order valence-corrected chi connectivity index (χ1v) is 11.3. The molecule has 0 spiro atoms. The number of epoxide rings is 1. The molecule has 0 aromatic heterocycles. The molecule has 1 rings (SSSR count). The fraction of sp³-hybridized carbons (Fsp3) is 0.952. The lowest BCUT2D eigenvalue weighted by atomic mass is 10.0. The number of carbonyl (C=O) groups is 1. The van der Waals surface area contributed by atoms with Crippen LogP contribution in [-0.2, 0) is 9.53 Å². The summed E-state index contributed by atoms with van der Waals surface area (Å²) < 4.78 is 5.50. The third-order valence-corrected chi connectivity index (χ3v) is 5.95. The lowest BCUT2D eigenvalue weighted by Gasteiger charge is -2.11. The summed E-state index contributed by atoms with van der Waals surface area (Å²) in [4.78, 5) is 12.1. The van der Waals surface area contributed by atoms with Gasteiger partial charge in [-0.3, -0.25) is 4.79 Å². The van der Waals surface area contributed by atoms with Crippen molar-refractivity contribution in [1.29, 1.82) is 0 Å². The zero-order valence-electron chi connectivity index (χ0n) is 16.4. The van der Waals surface area contributed by atoms with Gasteiger partial charge in [0, 0.05) is 5.25 Å². The molecule has 0 aliphatic carbocycles. The molecular formula is C21H40O2S. The predicted molar refractivity (Wildman–Crippen MR) is 107 cm³/mol. The van der Waals surface area contributed by atoms with E-state index in [1.54, 1.807) is 0 Å². The molecule has 0 aromatic rings. The molecule has 0 N–H and O–H groups in total. The van der Waals surface area contributed by atoms with Gasteiger partial charge in [-0.2, -0.15) is 0 Å². The van der Waals surface area contributed by atoms with Gasteiger partial charge in [0.15, 0.2) is 5.60 Å². The van der Waals surface area contributed by atoms with E-state index in [0.29, 0.717) is 11.9 Å². The standard InChI is InChI=1S/C21H40O2S/c1-4-5-6-7-8-9-10-11-12-13-14-15-16-17-21(18-23-21)20(22)24-19(2)3/h19H,4-18H2,1-3H3. The molecule has 1 unspecified atom stereocenters. The highest BCUT2D eigenvalue weighted by Gasteiger charge is 2.51. The molecule has 0 bridgehead atoms. The van der Waals surface area contributed by atoms with Crippen LogP contribution in [0.1, 0.15) is 111 Å². The Morgan fingerprint density at radius 2 is 1.29 bits per heavy atom. The van der Waals surface area contributed by atoms with Gasteiger partial charge in [-0.25, -0.2) is 0 Å². The molecule has 142 valence electrons. The summed E-state index contributed by atoms with van der Waals surface area (Å²) in [6.07, 6.45) is 18.7. The smallest absolute Gasteiger partial charge is 0.223 e. The third kappa shape index (κ3) is 10.1. The average molecular weight is 357 g/mol. The van der Waals surface area contributed by atoms with Gasteiger partial charge in [-0.05, 0) is 12.8 Å². The van der Waals surface area contributed by atoms with E-state index in [-0.39, 0.29) is 5.12 Å². The monoisotopic (exact) mass is 356 g/mol. The van der Waals surface area contributed by atoms with Gasteiger partial charge >= 0.3 is 0 Å². The number of ether oxygens (including phenoxy) is 1. The van der Waals surface area contributed by atoms with Gasteiger partial charge in [0.1, 0.15) is 0 Å². The van der Waals surface area contributed by atoms with Crippen molar-refractivity contribution in [2.45, 2.75) is 122 Å². The molecule has 0 aromatic carbocycles. The molecule has 0 saturated carbocycles. The molecule has 24 heavy (non-hydrogen) atoms. The average Bonchev–Trinajstić information content (AvgIpc) is 3.32. The summed E-state index contributed by atoms with van der Waals surface area (Å²) in [5.74, 6) is 0. The van der Waals surface area contributed by atoms with Crippen LogP contribution in [0.5, 0.6) is 0 Å². The van der Waals surface area contributed by atoms with E-state index < -0.39 is 5.60 Å². The van der Waals surface area contributed by atoms with Crippen LogP contribution in [0.4, 0.5) is 0 Å². The zero-order chi connectivity index (χ0) is 17.7. The second-order valence-electron chi connectivity index (χ2n) is 7.73. The number of rotatable bonds is 16. The normalized spacial score (nSPS) is 19.8. The van der Waals surface area contributed by atoms with Gasteiger partial charge in [-0.1, -0.05) is 110 Å². The lowest BCUT2D eigenvalue weighted by molar-refractivity contribution is -0.115. The summed E-state index contributed by atoms with van der Waals surface area (Å²) in [5.41, 5.74) is -0.396. The minimum Gasteiger partial charge on any atom is -0.360 e. The fourth-order valence-electron chi connectivity index (χ4n) is 3.20. The van der Waals surface area contributed by atoms with Gasteiger partial charge in [-0.15, -0.1) is 0 Å². The van der Waals surface area contributed by atoms with Crippen molar-refractivity contribution in [2.75, 3.05) is 6.61 Å². The largest absolute Gasteiger partial charge is 0.360 e. The third-order valence-electron chi connectivity index (χ3n) is 4.89. The van der Waals surface area contributed by atoms with E-state index in [4.69, 9.17) is 4.74 Å². The van der Waals surface area contributed by atoms with Crippen LogP contribution >= 0.6 is 11.8 Å². The summed E-state index contributed by atoms with van der Waals surface area (Å²) in [6, 6.07) is 0. The Morgan fingerprint density at radius 1 is 0.875 bits per heavy atom. The predicted octanol–water partition coefficient (Wildman–Crippen LogP) is 6.90. The van der Waals surface area contributed by atoms with Crippen molar-refractivity contribution in [3.05, 3.63) is 0 Å². The molecule has 1 fully saturated rings. The van der Waals surface area contributed by atoms with E-state index in [1.165, 1.54) is 88.8 Å². The maximum absolute atomic E-state index is 12.1. The van der Waals surface area contributed by atoms with Crippen LogP contribution in [0.15, 0.2) is 0 Å². The minimum absolute atomic E-state index is 0.261. The van der Waals surface area contributed by atoms with Crippen LogP contribution < -0.4 is 0 Å². The number of carbonyl (C=O) groups excluding carboxylic acids is 1. The van der Waals surface area contributed by atoms with Crippen LogP contribution in [-0.4, -0.2) is 22.6 Å². The molecule has 1 saturated heterocycles. The molecule has 0 amide bonds. The maximum atomic E-state index is 12.1. The van der Waals surface area contributed by atoms with E-state index in [2.05, 4.69) is 20.8 Å².